The monoisotopic (exact) mass is 405 g/mol. The molecule has 26 heavy (non-hydrogen) atoms. The van der Waals surface area contributed by atoms with Crippen molar-refractivity contribution in [3.8, 4) is 0 Å². The van der Waals surface area contributed by atoms with Crippen molar-refractivity contribution >= 4 is 42.1 Å². The van der Waals surface area contributed by atoms with Crippen molar-refractivity contribution in [2.24, 2.45) is 23.5 Å². The SMILES string of the molecule is CC(C)Nc1ccc(F)cc1NC(=O)C1CC2CCCC(C1)C2N.Cl.Cl. The molecule has 1 amide bonds. The van der Waals surface area contributed by atoms with Gasteiger partial charge in [0.1, 0.15) is 5.82 Å². The van der Waals surface area contributed by atoms with Crippen molar-refractivity contribution in [1.29, 1.82) is 0 Å². The molecule has 2 aliphatic rings. The zero-order chi connectivity index (χ0) is 17.3. The van der Waals surface area contributed by atoms with E-state index in [0.717, 1.165) is 31.4 Å². The summed E-state index contributed by atoms with van der Waals surface area (Å²) in [5.74, 6) is 0.539. The Hall–Kier alpha value is -1.04. The highest BCUT2D eigenvalue weighted by atomic mass is 35.5. The smallest absolute Gasteiger partial charge is 0.227 e. The zero-order valence-corrected chi connectivity index (χ0v) is 17.0. The van der Waals surface area contributed by atoms with E-state index < -0.39 is 0 Å². The second-order valence-electron chi connectivity index (χ2n) is 7.67. The van der Waals surface area contributed by atoms with Gasteiger partial charge in [-0.3, -0.25) is 4.79 Å². The van der Waals surface area contributed by atoms with E-state index in [9.17, 15) is 9.18 Å². The first-order valence-electron chi connectivity index (χ1n) is 9.06. The molecule has 1 aromatic rings. The number of carbonyl (C=O) groups is 1. The molecule has 0 radical (unpaired) electrons. The molecule has 0 saturated heterocycles. The van der Waals surface area contributed by atoms with E-state index in [1.165, 1.54) is 18.6 Å². The third-order valence-electron chi connectivity index (χ3n) is 5.47. The molecule has 2 fully saturated rings. The molecule has 7 heteroatoms. The lowest BCUT2D eigenvalue weighted by molar-refractivity contribution is -0.122. The van der Waals surface area contributed by atoms with Crippen molar-refractivity contribution in [2.75, 3.05) is 10.6 Å². The molecular formula is C19H30Cl2FN3O. The average Bonchev–Trinajstić information content (AvgIpc) is 2.49. The molecule has 0 heterocycles. The topological polar surface area (TPSA) is 67.1 Å². The fraction of sp³-hybridized carbons (Fsp3) is 0.632. The number of nitrogens with one attached hydrogen (secondary N) is 2. The van der Waals surface area contributed by atoms with Gasteiger partial charge >= 0.3 is 0 Å². The molecule has 148 valence electrons. The summed E-state index contributed by atoms with van der Waals surface area (Å²) < 4.78 is 13.6. The first kappa shape index (κ1) is 23.0. The minimum absolute atomic E-state index is 0. The zero-order valence-electron chi connectivity index (χ0n) is 15.3. The van der Waals surface area contributed by atoms with E-state index in [-0.39, 0.29) is 54.5 Å². The fourth-order valence-corrected chi connectivity index (χ4v) is 4.29. The predicted molar refractivity (Wildman–Crippen MR) is 110 cm³/mol. The van der Waals surface area contributed by atoms with Gasteiger partial charge in [0.2, 0.25) is 5.91 Å². The Morgan fingerprint density at radius 2 is 1.77 bits per heavy atom. The average molecular weight is 406 g/mol. The van der Waals surface area contributed by atoms with Crippen molar-refractivity contribution in [3.63, 3.8) is 0 Å². The molecule has 3 rings (SSSR count). The molecule has 2 aliphatic carbocycles. The fourth-order valence-electron chi connectivity index (χ4n) is 4.29. The molecule has 4 N–H and O–H groups in total. The normalized spacial score (nSPS) is 27.1. The minimum Gasteiger partial charge on any atom is -0.381 e. The van der Waals surface area contributed by atoms with Crippen LogP contribution >= 0.6 is 24.8 Å². The van der Waals surface area contributed by atoms with E-state index in [1.807, 2.05) is 13.8 Å². The second-order valence-corrected chi connectivity index (χ2v) is 7.67. The molecule has 0 aliphatic heterocycles. The van der Waals surface area contributed by atoms with Crippen molar-refractivity contribution < 1.29 is 9.18 Å². The number of benzene rings is 1. The highest BCUT2D eigenvalue weighted by Crippen LogP contribution is 2.42. The Labute approximate surface area is 167 Å². The van der Waals surface area contributed by atoms with Crippen LogP contribution in [0.4, 0.5) is 15.8 Å². The van der Waals surface area contributed by atoms with Crippen LogP contribution in [0.1, 0.15) is 46.0 Å². The molecule has 2 atom stereocenters. The number of carbonyl (C=O) groups excluding carboxylic acids is 1. The molecule has 2 bridgehead atoms. The van der Waals surface area contributed by atoms with Crippen LogP contribution in [0, 0.1) is 23.6 Å². The summed E-state index contributed by atoms with van der Waals surface area (Å²) >= 11 is 0. The molecule has 2 unspecified atom stereocenters. The van der Waals surface area contributed by atoms with Crippen LogP contribution in [-0.2, 0) is 4.79 Å². The maximum atomic E-state index is 13.6. The van der Waals surface area contributed by atoms with E-state index >= 15 is 0 Å². The lowest BCUT2D eigenvalue weighted by Crippen LogP contribution is -2.48. The third kappa shape index (κ3) is 5.24. The van der Waals surface area contributed by atoms with Crippen molar-refractivity contribution in [3.05, 3.63) is 24.0 Å². The molecule has 0 aromatic heterocycles. The standard InChI is InChI=1S/C19H28FN3O.2ClH/c1-11(2)22-16-7-6-15(20)10-17(16)23-19(24)14-8-12-4-3-5-13(9-14)18(12)21;;/h6-7,10-14,18,22H,3-5,8-9,21H2,1-2H3,(H,23,24);2*1H. The lowest BCUT2D eigenvalue weighted by atomic mass is 9.65. The van der Waals surface area contributed by atoms with Crippen LogP contribution in [0.15, 0.2) is 18.2 Å². The Morgan fingerprint density at radius 1 is 1.15 bits per heavy atom. The third-order valence-corrected chi connectivity index (χ3v) is 5.47. The summed E-state index contributed by atoms with van der Waals surface area (Å²) in [5.41, 5.74) is 7.59. The molecule has 0 spiro atoms. The van der Waals surface area contributed by atoms with Crippen LogP contribution in [0.25, 0.3) is 0 Å². The summed E-state index contributed by atoms with van der Waals surface area (Å²) in [4.78, 5) is 12.8. The number of hydrogen-bond donors (Lipinski definition) is 3. The largest absolute Gasteiger partial charge is 0.381 e. The molecule has 4 nitrogen and oxygen atoms in total. The number of anilines is 2. The number of halogens is 3. The summed E-state index contributed by atoms with van der Waals surface area (Å²) in [6.45, 7) is 4.03. The van der Waals surface area contributed by atoms with Crippen molar-refractivity contribution in [1.82, 2.24) is 0 Å². The van der Waals surface area contributed by atoms with E-state index in [0.29, 0.717) is 17.5 Å². The quantitative estimate of drug-likeness (QED) is 0.686. The van der Waals surface area contributed by atoms with E-state index in [1.54, 1.807) is 6.07 Å². The minimum atomic E-state index is -0.345. The summed E-state index contributed by atoms with van der Waals surface area (Å²) in [6.07, 6.45) is 5.18. The Kier molecular flexibility index (Phi) is 8.64. The van der Waals surface area contributed by atoms with Gasteiger partial charge in [-0.05, 0) is 69.6 Å². The van der Waals surface area contributed by atoms with Gasteiger partial charge in [-0.2, -0.15) is 0 Å². The summed E-state index contributed by atoms with van der Waals surface area (Å²) in [6, 6.07) is 4.92. The first-order valence-corrected chi connectivity index (χ1v) is 9.06. The van der Waals surface area contributed by atoms with E-state index in [4.69, 9.17) is 5.73 Å². The van der Waals surface area contributed by atoms with Gasteiger partial charge in [0, 0.05) is 18.0 Å². The Bertz CT molecular complexity index is 600. The summed E-state index contributed by atoms with van der Waals surface area (Å²) in [7, 11) is 0. The first-order chi connectivity index (χ1) is 11.4. The van der Waals surface area contributed by atoms with Crippen LogP contribution in [0.2, 0.25) is 0 Å². The number of rotatable bonds is 4. The highest BCUT2D eigenvalue weighted by Gasteiger charge is 2.40. The number of nitrogens with two attached hydrogens (primary N) is 1. The van der Waals surface area contributed by atoms with Crippen LogP contribution in [0.5, 0.6) is 0 Å². The van der Waals surface area contributed by atoms with E-state index in [2.05, 4.69) is 10.6 Å². The molecule has 1 aromatic carbocycles. The lowest BCUT2D eigenvalue weighted by Gasteiger charge is -2.43. The van der Waals surface area contributed by atoms with Gasteiger partial charge < -0.3 is 16.4 Å². The highest BCUT2D eigenvalue weighted by molar-refractivity contribution is 5.95. The Morgan fingerprint density at radius 3 is 2.35 bits per heavy atom. The number of hydrogen-bond acceptors (Lipinski definition) is 3. The molecule has 2 saturated carbocycles. The van der Waals surface area contributed by atoms with Gasteiger partial charge in [-0.1, -0.05) is 6.42 Å². The van der Waals surface area contributed by atoms with Gasteiger partial charge in [-0.15, -0.1) is 24.8 Å². The van der Waals surface area contributed by atoms with Gasteiger partial charge in [-0.25, -0.2) is 4.39 Å². The number of amides is 1. The maximum absolute atomic E-state index is 13.6. The second kappa shape index (κ2) is 9.77. The Balaban J connectivity index is 0.00000169. The van der Waals surface area contributed by atoms with Crippen LogP contribution < -0.4 is 16.4 Å². The van der Waals surface area contributed by atoms with Crippen LogP contribution in [-0.4, -0.2) is 18.0 Å². The summed E-state index contributed by atoms with van der Waals surface area (Å²) in [5, 5.41) is 6.20. The number of fused-ring (bicyclic) bond motifs is 2. The van der Waals surface area contributed by atoms with Crippen LogP contribution in [0.3, 0.4) is 0 Å². The van der Waals surface area contributed by atoms with Gasteiger partial charge in [0.15, 0.2) is 0 Å². The van der Waals surface area contributed by atoms with Crippen molar-refractivity contribution in [2.45, 2.75) is 58.0 Å². The molecular weight excluding hydrogens is 376 g/mol. The predicted octanol–water partition coefficient (Wildman–Crippen LogP) is 4.58. The van der Waals surface area contributed by atoms with Gasteiger partial charge in [0.25, 0.3) is 0 Å². The maximum Gasteiger partial charge on any atom is 0.227 e. The van der Waals surface area contributed by atoms with Gasteiger partial charge in [0.05, 0.1) is 11.4 Å².